The number of rotatable bonds is 4. The van der Waals surface area contributed by atoms with E-state index in [1.165, 1.54) is 19.4 Å². The van der Waals surface area contributed by atoms with Crippen molar-refractivity contribution in [2.45, 2.75) is 63.8 Å². The highest BCUT2D eigenvalue weighted by atomic mass is 16.5. The van der Waals surface area contributed by atoms with E-state index in [2.05, 4.69) is 51.6 Å². The predicted octanol–water partition coefficient (Wildman–Crippen LogP) is 1.54. The second-order valence-electron chi connectivity index (χ2n) is 7.99. The molecule has 4 nitrogen and oxygen atoms in total. The number of likely N-dealkylation sites (N-methyl/N-ethyl adjacent to an activating group) is 1. The number of likely N-dealkylation sites (tertiary alicyclic amines) is 1. The van der Waals surface area contributed by atoms with Crippen LogP contribution < -0.4 is 5.73 Å². The molecule has 3 atom stereocenters. The van der Waals surface area contributed by atoms with E-state index < -0.39 is 0 Å². The monoisotopic (exact) mass is 283 g/mol. The zero-order valence-electron chi connectivity index (χ0n) is 14.1. The fraction of sp³-hybridized carbons (Fsp3) is 1.00. The SMILES string of the molecule is CN(C)CC1CCCN1CC1C(N)C(C)(C)OC1(C)C. The summed E-state index contributed by atoms with van der Waals surface area (Å²) in [7, 11) is 4.32. The molecule has 2 aliphatic heterocycles. The van der Waals surface area contributed by atoms with Crippen LogP contribution in [0.4, 0.5) is 0 Å². The quantitative estimate of drug-likeness (QED) is 0.850. The van der Waals surface area contributed by atoms with Gasteiger partial charge in [-0.05, 0) is 61.2 Å². The molecule has 4 heteroatoms. The van der Waals surface area contributed by atoms with Crippen LogP contribution in [0.5, 0.6) is 0 Å². The van der Waals surface area contributed by atoms with E-state index in [9.17, 15) is 0 Å². The molecule has 0 aliphatic carbocycles. The molecular weight excluding hydrogens is 250 g/mol. The van der Waals surface area contributed by atoms with E-state index in [0.29, 0.717) is 12.0 Å². The maximum absolute atomic E-state index is 6.50. The van der Waals surface area contributed by atoms with Crippen LogP contribution in [0.3, 0.4) is 0 Å². The number of hydrogen-bond donors (Lipinski definition) is 1. The molecule has 2 rings (SSSR count). The molecule has 3 unspecified atom stereocenters. The van der Waals surface area contributed by atoms with Gasteiger partial charge in [-0.1, -0.05) is 0 Å². The van der Waals surface area contributed by atoms with Crippen molar-refractivity contribution in [2.24, 2.45) is 11.7 Å². The van der Waals surface area contributed by atoms with Gasteiger partial charge in [-0.25, -0.2) is 0 Å². The summed E-state index contributed by atoms with van der Waals surface area (Å²) < 4.78 is 6.23. The van der Waals surface area contributed by atoms with Crippen molar-refractivity contribution < 1.29 is 4.74 Å². The van der Waals surface area contributed by atoms with Crippen molar-refractivity contribution in [1.82, 2.24) is 9.80 Å². The fourth-order valence-electron chi connectivity index (χ4n) is 4.09. The molecule has 20 heavy (non-hydrogen) atoms. The first-order valence-corrected chi connectivity index (χ1v) is 7.98. The standard InChI is InChI=1S/C16H33N3O/c1-15(2)13(14(17)16(3,4)20-15)11-19-9-7-8-12(19)10-18(5)6/h12-14H,7-11,17H2,1-6H3. The maximum atomic E-state index is 6.50. The van der Waals surface area contributed by atoms with Gasteiger partial charge in [0.15, 0.2) is 0 Å². The average Bonchev–Trinajstić information content (AvgIpc) is 2.74. The molecule has 2 N–H and O–H groups in total. The highest BCUT2D eigenvalue weighted by molar-refractivity contribution is 5.05. The molecule has 0 spiro atoms. The third kappa shape index (κ3) is 3.19. The van der Waals surface area contributed by atoms with Gasteiger partial charge in [-0.3, -0.25) is 4.90 Å². The Morgan fingerprint density at radius 1 is 1.20 bits per heavy atom. The first-order valence-electron chi connectivity index (χ1n) is 7.98. The van der Waals surface area contributed by atoms with Crippen LogP contribution in [-0.2, 0) is 4.74 Å². The minimum Gasteiger partial charge on any atom is -0.368 e. The summed E-state index contributed by atoms with van der Waals surface area (Å²) in [4.78, 5) is 4.93. The van der Waals surface area contributed by atoms with Gasteiger partial charge in [0.1, 0.15) is 0 Å². The van der Waals surface area contributed by atoms with Gasteiger partial charge in [-0.2, -0.15) is 0 Å². The van der Waals surface area contributed by atoms with E-state index in [1.54, 1.807) is 0 Å². The van der Waals surface area contributed by atoms with Gasteiger partial charge >= 0.3 is 0 Å². The largest absolute Gasteiger partial charge is 0.368 e. The summed E-state index contributed by atoms with van der Waals surface area (Å²) in [5.41, 5.74) is 6.15. The Morgan fingerprint density at radius 3 is 2.35 bits per heavy atom. The number of ether oxygens (including phenoxy) is 1. The summed E-state index contributed by atoms with van der Waals surface area (Å²) in [6.45, 7) is 12.1. The number of nitrogens with zero attached hydrogens (tertiary/aromatic N) is 2. The molecular formula is C16H33N3O. The molecule has 0 saturated carbocycles. The van der Waals surface area contributed by atoms with E-state index in [4.69, 9.17) is 10.5 Å². The average molecular weight is 283 g/mol. The van der Waals surface area contributed by atoms with Crippen LogP contribution in [-0.4, -0.2) is 66.8 Å². The summed E-state index contributed by atoms with van der Waals surface area (Å²) in [5.74, 6) is 0.403. The van der Waals surface area contributed by atoms with Crippen LogP contribution in [0.1, 0.15) is 40.5 Å². The van der Waals surface area contributed by atoms with Gasteiger partial charge < -0.3 is 15.4 Å². The zero-order valence-corrected chi connectivity index (χ0v) is 14.1. The Kier molecular flexibility index (Phi) is 4.51. The lowest BCUT2D eigenvalue weighted by Crippen LogP contribution is -2.50. The Labute approximate surface area is 124 Å². The summed E-state index contributed by atoms with van der Waals surface area (Å²) in [6.07, 6.45) is 2.62. The van der Waals surface area contributed by atoms with E-state index >= 15 is 0 Å². The Morgan fingerprint density at radius 2 is 1.85 bits per heavy atom. The van der Waals surface area contributed by atoms with Crippen LogP contribution in [0.25, 0.3) is 0 Å². The summed E-state index contributed by atoms with van der Waals surface area (Å²) in [5, 5.41) is 0. The van der Waals surface area contributed by atoms with Gasteiger partial charge in [0.05, 0.1) is 11.2 Å². The molecule has 2 aliphatic rings. The van der Waals surface area contributed by atoms with E-state index in [0.717, 1.165) is 13.1 Å². The Bertz CT molecular complexity index is 341. The smallest absolute Gasteiger partial charge is 0.0788 e. The van der Waals surface area contributed by atoms with Crippen LogP contribution in [0.15, 0.2) is 0 Å². The van der Waals surface area contributed by atoms with Crippen molar-refractivity contribution in [3.63, 3.8) is 0 Å². The van der Waals surface area contributed by atoms with E-state index in [-0.39, 0.29) is 17.2 Å². The first-order chi connectivity index (χ1) is 9.13. The molecule has 0 aromatic heterocycles. The van der Waals surface area contributed by atoms with Crippen LogP contribution in [0, 0.1) is 5.92 Å². The highest BCUT2D eigenvalue weighted by Crippen LogP contribution is 2.42. The molecule has 0 aromatic carbocycles. The predicted molar refractivity (Wildman–Crippen MR) is 83.9 cm³/mol. The molecule has 0 radical (unpaired) electrons. The Hall–Kier alpha value is -0.160. The third-order valence-electron chi connectivity index (χ3n) is 5.16. The molecule has 2 saturated heterocycles. The fourth-order valence-corrected chi connectivity index (χ4v) is 4.09. The lowest BCUT2D eigenvalue weighted by molar-refractivity contribution is -0.0787. The van der Waals surface area contributed by atoms with Crippen LogP contribution >= 0.6 is 0 Å². The van der Waals surface area contributed by atoms with Crippen molar-refractivity contribution >= 4 is 0 Å². The topological polar surface area (TPSA) is 41.7 Å². The van der Waals surface area contributed by atoms with E-state index in [1.807, 2.05) is 0 Å². The highest BCUT2D eigenvalue weighted by Gasteiger charge is 2.52. The summed E-state index contributed by atoms with van der Waals surface area (Å²) in [6, 6.07) is 0.787. The molecule has 118 valence electrons. The van der Waals surface area contributed by atoms with Crippen molar-refractivity contribution in [2.75, 3.05) is 33.7 Å². The molecule has 2 fully saturated rings. The normalized spacial score (nSPS) is 36.9. The second kappa shape index (κ2) is 5.56. The first kappa shape index (κ1) is 16.2. The number of hydrogen-bond acceptors (Lipinski definition) is 4. The molecule has 2 heterocycles. The second-order valence-corrected chi connectivity index (χ2v) is 7.99. The molecule has 0 aromatic rings. The zero-order chi connectivity index (χ0) is 15.1. The van der Waals surface area contributed by atoms with Gasteiger partial charge in [0, 0.05) is 31.1 Å². The lowest BCUT2D eigenvalue weighted by Gasteiger charge is -2.34. The van der Waals surface area contributed by atoms with Crippen LogP contribution in [0.2, 0.25) is 0 Å². The minimum absolute atomic E-state index is 0.109. The van der Waals surface area contributed by atoms with Crippen molar-refractivity contribution in [1.29, 1.82) is 0 Å². The van der Waals surface area contributed by atoms with Crippen molar-refractivity contribution in [3.05, 3.63) is 0 Å². The molecule has 0 amide bonds. The lowest BCUT2D eigenvalue weighted by atomic mass is 9.82. The van der Waals surface area contributed by atoms with Gasteiger partial charge in [-0.15, -0.1) is 0 Å². The third-order valence-corrected chi connectivity index (χ3v) is 5.16. The molecule has 0 bridgehead atoms. The minimum atomic E-state index is -0.217. The van der Waals surface area contributed by atoms with Gasteiger partial charge in [0.25, 0.3) is 0 Å². The van der Waals surface area contributed by atoms with Crippen molar-refractivity contribution in [3.8, 4) is 0 Å². The maximum Gasteiger partial charge on any atom is 0.0788 e. The Balaban J connectivity index is 2.05. The van der Waals surface area contributed by atoms with Gasteiger partial charge in [0.2, 0.25) is 0 Å². The summed E-state index contributed by atoms with van der Waals surface area (Å²) >= 11 is 0. The number of nitrogens with two attached hydrogens (primary N) is 1.